The smallest absolute Gasteiger partial charge is 0.339 e. The van der Waals surface area contributed by atoms with E-state index in [1.54, 1.807) is 30.5 Å². The number of hydrogen-bond donors (Lipinski definition) is 0. The highest BCUT2D eigenvalue weighted by molar-refractivity contribution is 5.96. The number of nitrogens with zero attached hydrogens (tertiary/aromatic N) is 2. The fourth-order valence-corrected chi connectivity index (χ4v) is 2.61. The lowest BCUT2D eigenvalue weighted by Crippen LogP contribution is -2.41. The molecule has 1 aliphatic heterocycles. The van der Waals surface area contributed by atoms with Crippen LogP contribution in [0.5, 0.6) is 0 Å². The Morgan fingerprint density at radius 1 is 1.22 bits per heavy atom. The van der Waals surface area contributed by atoms with Crippen LogP contribution in [0.25, 0.3) is 0 Å². The minimum Gasteiger partial charge on any atom is -0.448 e. The van der Waals surface area contributed by atoms with E-state index in [-0.39, 0.29) is 11.9 Å². The number of rotatable bonds is 2. The van der Waals surface area contributed by atoms with Crippen LogP contribution < -0.4 is 5.49 Å². The van der Waals surface area contributed by atoms with Crippen molar-refractivity contribution < 1.29 is 14.3 Å². The molecule has 0 saturated heterocycles. The molecule has 5 nitrogen and oxygen atoms in total. The van der Waals surface area contributed by atoms with Crippen LogP contribution in [0.2, 0.25) is 0 Å². The van der Waals surface area contributed by atoms with Gasteiger partial charge in [-0.15, -0.1) is 0 Å². The first-order valence-corrected chi connectivity index (χ1v) is 7.61. The van der Waals surface area contributed by atoms with Crippen molar-refractivity contribution in [1.29, 1.82) is 0 Å². The van der Waals surface area contributed by atoms with Crippen LogP contribution in [0.15, 0.2) is 53.7 Å². The van der Waals surface area contributed by atoms with Crippen LogP contribution in [0.4, 0.5) is 0 Å². The van der Waals surface area contributed by atoms with E-state index in [1.807, 2.05) is 32.0 Å². The summed E-state index contributed by atoms with van der Waals surface area (Å²) >= 11 is 0. The number of benzene rings is 1. The van der Waals surface area contributed by atoms with Crippen LogP contribution in [0, 0.1) is 0 Å². The number of pyridine rings is 1. The molecule has 23 heavy (non-hydrogen) atoms. The van der Waals surface area contributed by atoms with Gasteiger partial charge < -0.3 is 4.74 Å². The van der Waals surface area contributed by atoms with Crippen LogP contribution in [-0.4, -0.2) is 28.6 Å². The van der Waals surface area contributed by atoms with Gasteiger partial charge in [0.15, 0.2) is 6.10 Å². The molecule has 118 valence electrons. The van der Waals surface area contributed by atoms with E-state index in [0.717, 1.165) is 5.56 Å². The molecule has 0 amide bonds. The number of aromatic nitrogens is 1. The molecule has 2 aromatic rings. The highest BCUT2D eigenvalue weighted by Crippen LogP contribution is 2.21. The van der Waals surface area contributed by atoms with Gasteiger partial charge >= 0.3 is 5.97 Å². The fourth-order valence-electron chi connectivity index (χ4n) is 2.61. The largest absolute Gasteiger partial charge is 0.448 e. The fraction of sp³-hybridized carbons (Fsp3) is 0.278. The topological polar surface area (TPSA) is 60.7 Å². The third kappa shape index (κ3) is 3.08. The van der Waals surface area contributed by atoms with Gasteiger partial charge in [-0.1, -0.05) is 24.3 Å². The molecule has 1 aliphatic rings. The Bertz CT molecular complexity index is 821. The molecule has 0 fully saturated rings. The SMILES string of the molecule is CC(C)N=c1ccccn1C(=O)C1Cc2ccccc2C(=O)O1. The number of cyclic esters (lactones) is 1. The first kappa shape index (κ1) is 15.2. The molecule has 0 bridgehead atoms. The zero-order valence-corrected chi connectivity index (χ0v) is 13.1. The Hall–Kier alpha value is -2.69. The quantitative estimate of drug-likeness (QED) is 0.799. The summed E-state index contributed by atoms with van der Waals surface area (Å²) in [5.74, 6) is -0.739. The first-order chi connectivity index (χ1) is 11.1. The molecule has 0 N–H and O–H groups in total. The van der Waals surface area contributed by atoms with E-state index in [1.165, 1.54) is 4.57 Å². The van der Waals surface area contributed by atoms with Gasteiger partial charge in [-0.3, -0.25) is 14.4 Å². The Balaban J connectivity index is 1.96. The van der Waals surface area contributed by atoms with Crippen molar-refractivity contribution in [1.82, 2.24) is 4.57 Å². The monoisotopic (exact) mass is 310 g/mol. The van der Waals surface area contributed by atoms with Crippen molar-refractivity contribution in [2.75, 3.05) is 0 Å². The average molecular weight is 310 g/mol. The molecular formula is C18H18N2O3. The Labute approximate surface area is 134 Å². The van der Waals surface area contributed by atoms with E-state index in [4.69, 9.17) is 4.74 Å². The lowest BCUT2D eigenvalue weighted by atomic mass is 9.98. The maximum absolute atomic E-state index is 12.8. The van der Waals surface area contributed by atoms with E-state index in [0.29, 0.717) is 17.5 Å². The molecule has 0 spiro atoms. The Morgan fingerprint density at radius 2 is 1.96 bits per heavy atom. The summed E-state index contributed by atoms with van der Waals surface area (Å²) in [5.41, 5.74) is 1.92. The second-order valence-corrected chi connectivity index (χ2v) is 5.75. The first-order valence-electron chi connectivity index (χ1n) is 7.61. The van der Waals surface area contributed by atoms with Gasteiger partial charge in [-0.05, 0) is 37.6 Å². The number of ether oxygens (including phenoxy) is 1. The predicted molar refractivity (Wildman–Crippen MR) is 85.1 cm³/mol. The molecule has 3 rings (SSSR count). The molecule has 1 aromatic carbocycles. The predicted octanol–water partition coefficient (Wildman–Crippen LogP) is 2.22. The minimum absolute atomic E-state index is 0.0612. The van der Waals surface area contributed by atoms with E-state index in [2.05, 4.69) is 4.99 Å². The number of hydrogen-bond acceptors (Lipinski definition) is 4. The van der Waals surface area contributed by atoms with Crippen molar-refractivity contribution in [2.45, 2.75) is 32.4 Å². The zero-order valence-electron chi connectivity index (χ0n) is 13.1. The molecule has 2 heterocycles. The van der Waals surface area contributed by atoms with Crippen LogP contribution in [0.1, 0.15) is 34.6 Å². The maximum Gasteiger partial charge on any atom is 0.339 e. The van der Waals surface area contributed by atoms with Crippen molar-refractivity contribution in [2.24, 2.45) is 4.99 Å². The molecule has 5 heteroatoms. The Kier molecular flexibility index (Phi) is 4.10. The minimum atomic E-state index is -0.828. The molecule has 0 saturated carbocycles. The van der Waals surface area contributed by atoms with Gasteiger partial charge in [-0.2, -0.15) is 0 Å². The number of fused-ring (bicyclic) bond motifs is 1. The lowest BCUT2D eigenvalue weighted by molar-refractivity contribution is 0.0210. The molecule has 1 atom stereocenters. The molecule has 1 aromatic heterocycles. The van der Waals surface area contributed by atoms with E-state index >= 15 is 0 Å². The maximum atomic E-state index is 12.8. The van der Waals surface area contributed by atoms with Crippen molar-refractivity contribution in [3.8, 4) is 0 Å². The second-order valence-electron chi connectivity index (χ2n) is 5.75. The Morgan fingerprint density at radius 3 is 2.74 bits per heavy atom. The van der Waals surface area contributed by atoms with Crippen LogP contribution in [0.3, 0.4) is 0 Å². The van der Waals surface area contributed by atoms with Crippen molar-refractivity contribution >= 4 is 11.9 Å². The summed E-state index contributed by atoms with van der Waals surface area (Å²) in [7, 11) is 0. The number of carbonyl (C=O) groups excluding carboxylic acids is 2. The third-order valence-electron chi connectivity index (χ3n) is 3.63. The number of esters is 1. The molecule has 1 unspecified atom stereocenters. The van der Waals surface area contributed by atoms with Gasteiger partial charge in [-0.25, -0.2) is 4.79 Å². The lowest BCUT2D eigenvalue weighted by Gasteiger charge is -2.24. The highest BCUT2D eigenvalue weighted by atomic mass is 16.5. The van der Waals surface area contributed by atoms with Gasteiger partial charge in [0.1, 0.15) is 5.49 Å². The number of carbonyl (C=O) groups is 2. The van der Waals surface area contributed by atoms with Crippen molar-refractivity contribution in [3.63, 3.8) is 0 Å². The summed E-state index contributed by atoms with van der Waals surface area (Å²) in [6.45, 7) is 3.89. The molecule has 0 aliphatic carbocycles. The van der Waals surface area contributed by atoms with Gasteiger partial charge in [0.2, 0.25) is 0 Å². The normalized spacial score (nSPS) is 17.8. The molecule has 0 radical (unpaired) electrons. The summed E-state index contributed by atoms with van der Waals surface area (Å²) in [4.78, 5) is 29.3. The summed E-state index contributed by atoms with van der Waals surface area (Å²) in [5, 5.41) is 0. The van der Waals surface area contributed by atoms with E-state index in [9.17, 15) is 9.59 Å². The van der Waals surface area contributed by atoms with Gasteiger partial charge in [0.05, 0.1) is 5.56 Å². The van der Waals surface area contributed by atoms with Crippen LogP contribution >= 0.6 is 0 Å². The average Bonchev–Trinajstić information content (AvgIpc) is 2.54. The standard InChI is InChI=1S/C18H18N2O3/c1-12(2)19-16-9-5-6-10-20(16)17(21)15-11-13-7-3-4-8-14(13)18(22)23-15/h3-10,12,15H,11H2,1-2H3. The highest BCUT2D eigenvalue weighted by Gasteiger charge is 2.31. The summed E-state index contributed by atoms with van der Waals surface area (Å²) in [6.07, 6.45) is 1.20. The summed E-state index contributed by atoms with van der Waals surface area (Å²) < 4.78 is 6.79. The van der Waals surface area contributed by atoms with E-state index < -0.39 is 12.1 Å². The van der Waals surface area contributed by atoms with Gasteiger partial charge in [0, 0.05) is 18.7 Å². The zero-order chi connectivity index (χ0) is 16.4. The third-order valence-corrected chi connectivity index (χ3v) is 3.63. The van der Waals surface area contributed by atoms with Crippen LogP contribution in [-0.2, 0) is 11.2 Å². The second kappa shape index (κ2) is 6.20. The van der Waals surface area contributed by atoms with Crippen molar-refractivity contribution in [3.05, 3.63) is 65.3 Å². The van der Waals surface area contributed by atoms with Gasteiger partial charge in [0.25, 0.3) is 5.91 Å². The molecular weight excluding hydrogens is 292 g/mol. The summed E-state index contributed by atoms with van der Waals surface area (Å²) in [6, 6.07) is 12.6.